The van der Waals surface area contributed by atoms with Gasteiger partial charge in [-0.25, -0.2) is 4.39 Å². The Morgan fingerprint density at radius 2 is 2.21 bits per heavy atom. The topological polar surface area (TPSA) is 52.9 Å². The van der Waals surface area contributed by atoms with E-state index in [0.29, 0.717) is 18.0 Å². The van der Waals surface area contributed by atoms with Crippen molar-refractivity contribution >= 4 is 11.6 Å². The van der Waals surface area contributed by atoms with Crippen molar-refractivity contribution in [1.29, 1.82) is 5.26 Å². The van der Waals surface area contributed by atoms with E-state index < -0.39 is 0 Å². The van der Waals surface area contributed by atoms with Crippen molar-refractivity contribution in [1.82, 2.24) is 0 Å². The van der Waals surface area contributed by atoms with E-state index >= 15 is 0 Å². The fraction of sp³-hybridized carbons (Fsp3) is 0.467. The molecule has 0 spiro atoms. The summed E-state index contributed by atoms with van der Waals surface area (Å²) >= 11 is 0. The molecule has 0 fully saturated rings. The van der Waals surface area contributed by atoms with Gasteiger partial charge in [-0.3, -0.25) is 4.79 Å². The maximum atomic E-state index is 12.9. The van der Waals surface area contributed by atoms with Gasteiger partial charge in [-0.05, 0) is 37.0 Å². The van der Waals surface area contributed by atoms with E-state index in [4.69, 9.17) is 5.26 Å². The third kappa shape index (κ3) is 6.01. The Balaban J connectivity index is 2.41. The lowest BCUT2D eigenvalue weighted by Gasteiger charge is -2.11. The maximum absolute atomic E-state index is 12.9. The molecule has 0 saturated heterocycles. The molecule has 4 heteroatoms. The van der Waals surface area contributed by atoms with Crippen LogP contribution < -0.4 is 5.32 Å². The van der Waals surface area contributed by atoms with Crippen molar-refractivity contribution in [2.45, 2.75) is 33.1 Å². The molecule has 1 atom stereocenters. The van der Waals surface area contributed by atoms with E-state index in [1.165, 1.54) is 12.1 Å². The van der Waals surface area contributed by atoms with Gasteiger partial charge in [0.15, 0.2) is 0 Å². The van der Waals surface area contributed by atoms with Gasteiger partial charge < -0.3 is 5.32 Å². The third-order valence-corrected chi connectivity index (χ3v) is 2.77. The maximum Gasteiger partial charge on any atom is 0.224 e. The molecule has 0 aliphatic heterocycles. The first-order chi connectivity index (χ1) is 9.01. The van der Waals surface area contributed by atoms with E-state index in [9.17, 15) is 9.18 Å². The van der Waals surface area contributed by atoms with Crippen LogP contribution in [0.5, 0.6) is 0 Å². The second kappa shape index (κ2) is 7.52. The first kappa shape index (κ1) is 15.2. The Kier molecular flexibility index (Phi) is 6.01. The van der Waals surface area contributed by atoms with E-state index in [1.54, 1.807) is 12.1 Å². The highest BCUT2D eigenvalue weighted by atomic mass is 19.1. The van der Waals surface area contributed by atoms with E-state index in [0.717, 1.165) is 6.42 Å². The number of amides is 1. The minimum Gasteiger partial charge on any atom is -0.326 e. The highest BCUT2D eigenvalue weighted by molar-refractivity contribution is 5.90. The average Bonchev–Trinajstić information content (AvgIpc) is 2.34. The van der Waals surface area contributed by atoms with Crippen LogP contribution in [0.2, 0.25) is 0 Å². The lowest BCUT2D eigenvalue weighted by molar-refractivity contribution is -0.116. The van der Waals surface area contributed by atoms with Crippen molar-refractivity contribution < 1.29 is 9.18 Å². The van der Waals surface area contributed by atoms with Crippen LogP contribution in [0.1, 0.15) is 33.1 Å². The number of hydrogen-bond acceptors (Lipinski definition) is 2. The molecule has 0 heterocycles. The number of benzene rings is 1. The van der Waals surface area contributed by atoms with Crippen LogP contribution in [0.4, 0.5) is 10.1 Å². The van der Waals surface area contributed by atoms with E-state index in [-0.39, 0.29) is 24.1 Å². The summed E-state index contributed by atoms with van der Waals surface area (Å²) in [6.07, 6.45) is 1.61. The molecule has 0 radical (unpaired) electrons. The summed E-state index contributed by atoms with van der Waals surface area (Å²) in [4.78, 5) is 11.7. The van der Waals surface area contributed by atoms with Crippen LogP contribution in [-0.4, -0.2) is 5.91 Å². The highest BCUT2D eigenvalue weighted by Crippen LogP contribution is 2.17. The molecule has 1 aromatic rings. The van der Waals surface area contributed by atoms with Gasteiger partial charge in [0.2, 0.25) is 5.91 Å². The molecule has 1 N–H and O–H groups in total. The molecule has 0 aliphatic carbocycles. The molecular formula is C15H19FN2O. The normalized spacial score (nSPS) is 11.9. The minimum atomic E-state index is -0.382. The van der Waals surface area contributed by atoms with Gasteiger partial charge >= 0.3 is 0 Å². The van der Waals surface area contributed by atoms with E-state index in [2.05, 4.69) is 25.2 Å². The van der Waals surface area contributed by atoms with Crippen molar-refractivity contribution in [3.8, 4) is 6.07 Å². The predicted molar refractivity (Wildman–Crippen MR) is 72.8 cm³/mol. The fourth-order valence-electron chi connectivity index (χ4n) is 1.90. The second-order valence-electron chi connectivity index (χ2n) is 5.05. The van der Waals surface area contributed by atoms with E-state index in [1.807, 2.05) is 0 Å². The Labute approximate surface area is 113 Å². The number of halogens is 1. The Morgan fingerprint density at radius 3 is 2.79 bits per heavy atom. The molecule has 0 saturated carbocycles. The summed E-state index contributed by atoms with van der Waals surface area (Å²) in [6, 6.07) is 8.00. The largest absolute Gasteiger partial charge is 0.326 e. The van der Waals surface area contributed by atoms with Gasteiger partial charge in [0.1, 0.15) is 5.82 Å². The number of rotatable bonds is 6. The SMILES string of the molecule is CC(C)CC(C#N)CCC(=O)Nc1cccc(F)c1. The van der Waals surface area contributed by atoms with Gasteiger partial charge in [-0.2, -0.15) is 5.26 Å². The van der Waals surface area contributed by atoms with Crippen molar-refractivity contribution in [2.75, 3.05) is 5.32 Å². The molecule has 0 bridgehead atoms. The average molecular weight is 262 g/mol. The zero-order chi connectivity index (χ0) is 14.3. The molecular weight excluding hydrogens is 243 g/mol. The van der Waals surface area contributed by atoms with Crippen LogP contribution in [0.25, 0.3) is 0 Å². The lowest BCUT2D eigenvalue weighted by Crippen LogP contribution is -2.13. The van der Waals surface area contributed by atoms with Crippen molar-refractivity contribution in [3.05, 3.63) is 30.1 Å². The van der Waals surface area contributed by atoms with Gasteiger partial charge in [0.25, 0.3) is 0 Å². The first-order valence-electron chi connectivity index (χ1n) is 6.46. The van der Waals surface area contributed by atoms with Crippen LogP contribution in [0.15, 0.2) is 24.3 Å². The monoisotopic (exact) mass is 262 g/mol. The molecule has 19 heavy (non-hydrogen) atoms. The number of nitriles is 1. The molecule has 1 rings (SSSR count). The molecule has 102 valence electrons. The number of carbonyl (C=O) groups excluding carboxylic acids is 1. The van der Waals surface area contributed by atoms with Crippen molar-refractivity contribution in [2.24, 2.45) is 11.8 Å². The number of nitrogens with one attached hydrogen (secondary N) is 1. The van der Waals surface area contributed by atoms with Crippen molar-refractivity contribution in [3.63, 3.8) is 0 Å². The number of anilines is 1. The van der Waals surface area contributed by atoms with Gasteiger partial charge in [-0.1, -0.05) is 19.9 Å². The zero-order valence-corrected chi connectivity index (χ0v) is 11.3. The quantitative estimate of drug-likeness (QED) is 0.849. The number of nitrogens with zero attached hydrogens (tertiary/aromatic N) is 1. The fourth-order valence-corrected chi connectivity index (χ4v) is 1.90. The summed E-state index contributed by atoms with van der Waals surface area (Å²) in [5.74, 6) is -0.226. The second-order valence-corrected chi connectivity index (χ2v) is 5.05. The minimum absolute atomic E-state index is 0.0988. The van der Waals surface area contributed by atoms with Crippen LogP contribution in [0, 0.1) is 29.0 Å². The molecule has 3 nitrogen and oxygen atoms in total. The zero-order valence-electron chi connectivity index (χ0n) is 11.3. The first-order valence-corrected chi connectivity index (χ1v) is 6.46. The standard InChI is InChI=1S/C15H19FN2O/c1-11(2)8-12(10-17)6-7-15(19)18-14-5-3-4-13(16)9-14/h3-5,9,11-12H,6-8H2,1-2H3,(H,18,19). The third-order valence-electron chi connectivity index (χ3n) is 2.77. The van der Waals surface area contributed by atoms with Crippen LogP contribution in [0.3, 0.4) is 0 Å². The lowest BCUT2D eigenvalue weighted by atomic mass is 9.94. The molecule has 1 aromatic carbocycles. The highest BCUT2D eigenvalue weighted by Gasteiger charge is 2.12. The van der Waals surface area contributed by atoms with Gasteiger partial charge in [0, 0.05) is 18.0 Å². The summed E-state index contributed by atoms with van der Waals surface area (Å²) in [6.45, 7) is 4.11. The Morgan fingerprint density at radius 1 is 1.47 bits per heavy atom. The summed E-state index contributed by atoms with van der Waals surface area (Å²) in [7, 11) is 0. The number of hydrogen-bond donors (Lipinski definition) is 1. The summed E-state index contributed by atoms with van der Waals surface area (Å²) < 4.78 is 12.9. The Hall–Kier alpha value is -1.89. The number of carbonyl (C=O) groups is 1. The van der Waals surface area contributed by atoms with Gasteiger partial charge in [-0.15, -0.1) is 0 Å². The Bertz CT molecular complexity index is 465. The summed E-state index contributed by atoms with van der Waals surface area (Å²) in [5.41, 5.74) is 0.447. The molecule has 1 unspecified atom stereocenters. The molecule has 0 aliphatic rings. The van der Waals surface area contributed by atoms with Crippen LogP contribution in [-0.2, 0) is 4.79 Å². The smallest absolute Gasteiger partial charge is 0.224 e. The summed E-state index contributed by atoms with van der Waals surface area (Å²) in [5, 5.41) is 11.6. The molecule has 1 amide bonds. The predicted octanol–water partition coefficient (Wildman–Crippen LogP) is 3.73. The molecule has 0 aromatic heterocycles. The van der Waals surface area contributed by atoms with Gasteiger partial charge in [0.05, 0.1) is 6.07 Å². The van der Waals surface area contributed by atoms with Crippen LogP contribution >= 0.6 is 0 Å².